The zero-order chi connectivity index (χ0) is 12.3. The first-order valence-corrected chi connectivity index (χ1v) is 6.65. The molecule has 1 heterocycles. The van der Waals surface area contributed by atoms with Gasteiger partial charge in [-0.1, -0.05) is 30.3 Å². The zero-order valence-corrected chi connectivity index (χ0v) is 11.0. The lowest BCUT2D eigenvalue weighted by atomic mass is 9.88. The van der Waals surface area contributed by atoms with Crippen LogP contribution in [0.15, 0.2) is 30.3 Å². The molecule has 1 fully saturated rings. The van der Waals surface area contributed by atoms with Gasteiger partial charge in [0.05, 0.1) is 0 Å². The van der Waals surface area contributed by atoms with Crippen molar-refractivity contribution in [2.24, 2.45) is 5.73 Å². The maximum absolute atomic E-state index is 6.42. The Morgan fingerprint density at radius 3 is 2.35 bits per heavy atom. The van der Waals surface area contributed by atoms with Crippen LogP contribution in [-0.2, 0) is 6.42 Å². The van der Waals surface area contributed by atoms with Gasteiger partial charge in [0.15, 0.2) is 0 Å². The molecule has 2 heteroatoms. The monoisotopic (exact) mass is 232 g/mol. The fraction of sp³-hybridized carbons (Fsp3) is 0.600. The highest BCUT2D eigenvalue weighted by Gasteiger charge is 2.34. The number of likely N-dealkylation sites (tertiary alicyclic amines) is 1. The summed E-state index contributed by atoms with van der Waals surface area (Å²) in [7, 11) is 0. The fourth-order valence-electron chi connectivity index (χ4n) is 2.65. The van der Waals surface area contributed by atoms with E-state index < -0.39 is 0 Å². The van der Waals surface area contributed by atoms with Crippen molar-refractivity contribution in [2.75, 3.05) is 13.1 Å². The molecule has 0 amide bonds. The molecule has 1 saturated heterocycles. The molecule has 0 bridgehead atoms. The quantitative estimate of drug-likeness (QED) is 0.864. The van der Waals surface area contributed by atoms with Crippen molar-refractivity contribution < 1.29 is 0 Å². The van der Waals surface area contributed by atoms with Gasteiger partial charge in [0, 0.05) is 11.6 Å². The summed E-state index contributed by atoms with van der Waals surface area (Å²) in [5.74, 6) is 0. The third kappa shape index (κ3) is 2.88. The molecule has 94 valence electrons. The topological polar surface area (TPSA) is 29.3 Å². The number of benzene rings is 1. The Balaban J connectivity index is 2.01. The average molecular weight is 232 g/mol. The molecule has 0 saturated carbocycles. The first-order valence-electron chi connectivity index (χ1n) is 6.65. The summed E-state index contributed by atoms with van der Waals surface area (Å²) in [5.41, 5.74) is 7.87. The van der Waals surface area contributed by atoms with E-state index >= 15 is 0 Å². The second kappa shape index (κ2) is 5.19. The Morgan fingerprint density at radius 2 is 1.76 bits per heavy atom. The van der Waals surface area contributed by atoms with E-state index in [1.807, 2.05) is 0 Å². The number of rotatable bonds is 4. The van der Waals surface area contributed by atoms with Crippen LogP contribution in [0.4, 0.5) is 0 Å². The predicted octanol–water partition coefficient (Wildman–Crippen LogP) is 2.43. The van der Waals surface area contributed by atoms with Crippen molar-refractivity contribution in [2.45, 2.75) is 44.7 Å². The molecule has 17 heavy (non-hydrogen) atoms. The Morgan fingerprint density at radius 1 is 1.18 bits per heavy atom. The van der Waals surface area contributed by atoms with Gasteiger partial charge in [-0.05, 0) is 51.8 Å². The van der Waals surface area contributed by atoms with Crippen LogP contribution in [0.5, 0.6) is 0 Å². The van der Waals surface area contributed by atoms with Gasteiger partial charge in [-0.2, -0.15) is 0 Å². The summed E-state index contributed by atoms with van der Waals surface area (Å²) in [6.07, 6.45) is 3.60. The number of nitrogens with zero attached hydrogens (tertiary/aromatic N) is 1. The van der Waals surface area contributed by atoms with Gasteiger partial charge < -0.3 is 5.73 Å². The van der Waals surface area contributed by atoms with Gasteiger partial charge >= 0.3 is 0 Å². The summed E-state index contributed by atoms with van der Waals surface area (Å²) >= 11 is 0. The van der Waals surface area contributed by atoms with E-state index in [-0.39, 0.29) is 11.6 Å². The van der Waals surface area contributed by atoms with Gasteiger partial charge in [-0.25, -0.2) is 0 Å². The van der Waals surface area contributed by atoms with Gasteiger partial charge in [-0.15, -0.1) is 0 Å². The summed E-state index contributed by atoms with van der Waals surface area (Å²) in [6.45, 7) is 6.98. The molecule has 2 rings (SSSR count). The molecule has 1 aromatic rings. The molecule has 2 N–H and O–H groups in total. The Bertz CT molecular complexity index is 339. The molecule has 1 aromatic carbocycles. The average Bonchev–Trinajstić information content (AvgIpc) is 2.84. The minimum atomic E-state index is 0.104. The molecular formula is C15H24N2. The number of hydrogen-bond donors (Lipinski definition) is 1. The van der Waals surface area contributed by atoms with E-state index in [2.05, 4.69) is 49.1 Å². The van der Waals surface area contributed by atoms with Crippen molar-refractivity contribution in [3.05, 3.63) is 35.9 Å². The largest absolute Gasteiger partial charge is 0.326 e. The summed E-state index contributed by atoms with van der Waals surface area (Å²) in [4.78, 5) is 2.54. The maximum Gasteiger partial charge on any atom is 0.0307 e. The van der Waals surface area contributed by atoms with Crippen molar-refractivity contribution >= 4 is 0 Å². The normalized spacial score (nSPS) is 19.5. The van der Waals surface area contributed by atoms with Crippen molar-refractivity contribution in [1.29, 1.82) is 0 Å². The summed E-state index contributed by atoms with van der Waals surface area (Å²) in [5, 5.41) is 0. The third-order valence-electron chi connectivity index (χ3n) is 4.13. The van der Waals surface area contributed by atoms with Crippen molar-refractivity contribution in [3.8, 4) is 0 Å². The number of hydrogen-bond acceptors (Lipinski definition) is 2. The van der Waals surface area contributed by atoms with E-state index in [9.17, 15) is 0 Å². The van der Waals surface area contributed by atoms with Gasteiger partial charge in [0.25, 0.3) is 0 Å². The van der Waals surface area contributed by atoms with Crippen LogP contribution in [-0.4, -0.2) is 29.6 Å². The first-order chi connectivity index (χ1) is 8.10. The maximum atomic E-state index is 6.42. The molecule has 1 aliphatic heterocycles. The molecule has 2 nitrogen and oxygen atoms in total. The third-order valence-corrected chi connectivity index (χ3v) is 4.13. The Kier molecular flexibility index (Phi) is 3.85. The summed E-state index contributed by atoms with van der Waals surface area (Å²) in [6, 6.07) is 10.8. The lowest BCUT2D eigenvalue weighted by molar-refractivity contribution is 0.123. The first kappa shape index (κ1) is 12.6. The zero-order valence-electron chi connectivity index (χ0n) is 11.0. The highest BCUT2D eigenvalue weighted by atomic mass is 15.2. The van der Waals surface area contributed by atoms with Crippen molar-refractivity contribution in [1.82, 2.24) is 4.90 Å². The second-order valence-electron chi connectivity index (χ2n) is 5.64. The molecule has 1 unspecified atom stereocenters. The van der Waals surface area contributed by atoms with Crippen LogP contribution in [0.3, 0.4) is 0 Å². The molecule has 0 aliphatic carbocycles. The van der Waals surface area contributed by atoms with E-state index in [0.717, 1.165) is 6.42 Å². The molecular weight excluding hydrogens is 208 g/mol. The SMILES string of the molecule is CC(C)(C(N)Cc1ccccc1)N1CCCC1. The van der Waals surface area contributed by atoms with Gasteiger partial charge in [0.1, 0.15) is 0 Å². The molecule has 0 spiro atoms. The van der Waals surface area contributed by atoms with E-state index in [4.69, 9.17) is 5.73 Å². The van der Waals surface area contributed by atoms with Crippen LogP contribution in [0.2, 0.25) is 0 Å². The highest BCUT2D eigenvalue weighted by Crippen LogP contribution is 2.25. The fourth-order valence-corrected chi connectivity index (χ4v) is 2.65. The Labute approximate surface area is 105 Å². The lowest BCUT2D eigenvalue weighted by Crippen LogP contribution is -2.55. The second-order valence-corrected chi connectivity index (χ2v) is 5.64. The highest BCUT2D eigenvalue weighted by molar-refractivity contribution is 5.17. The Hall–Kier alpha value is -0.860. The standard InChI is InChI=1S/C15H24N2/c1-15(2,17-10-6-7-11-17)14(16)12-13-8-4-3-5-9-13/h3-5,8-9,14H,6-7,10-12,16H2,1-2H3. The van der Waals surface area contributed by atoms with E-state index in [1.165, 1.54) is 31.5 Å². The van der Waals surface area contributed by atoms with Crippen molar-refractivity contribution in [3.63, 3.8) is 0 Å². The number of nitrogens with two attached hydrogens (primary N) is 1. The molecule has 0 aromatic heterocycles. The summed E-state index contributed by atoms with van der Waals surface area (Å²) < 4.78 is 0. The molecule has 0 radical (unpaired) electrons. The van der Waals surface area contributed by atoms with Crippen LogP contribution in [0, 0.1) is 0 Å². The van der Waals surface area contributed by atoms with Gasteiger partial charge in [-0.3, -0.25) is 4.90 Å². The lowest BCUT2D eigenvalue weighted by Gasteiger charge is -2.40. The minimum Gasteiger partial charge on any atom is -0.326 e. The predicted molar refractivity (Wildman–Crippen MR) is 73.0 cm³/mol. The van der Waals surface area contributed by atoms with E-state index in [1.54, 1.807) is 0 Å². The van der Waals surface area contributed by atoms with Crippen LogP contribution < -0.4 is 5.73 Å². The van der Waals surface area contributed by atoms with Crippen LogP contribution >= 0.6 is 0 Å². The van der Waals surface area contributed by atoms with Crippen LogP contribution in [0.1, 0.15) is 32.3 Å². The molecule has 1 atom stereocenters. The minimum absolute atomic E-state index is 0.104. The van der Waals surface area contributed by atoms with Gasteiger partial charge in [0.2, 0.25) is 0 Å². The molecule has 1 aliphatic rings. The smallest absolute Gasteiger partial charge is 0.0307 e. The van der Waals surface area contributed by atoms with Crippen LogP contribution in [0.25, 0.3) is 0 Å². The van der Waals surface area contributed by atoms with E-state index in [0.29, 0.717) is 0 Å².